The van der Waals surface area contributed by atoms with Gasteiger partial charge in [-0.1, -0.05) is 87.4 Å². The van der Waals surface area contributed by atoms with Gasteiger partial charge in [-0.25, -0.2) is 0 Å². The fourth-order valence-electron chi connectivity index (χ4n) is 3.54. The van der Waals surface area contributed by atoms with Crippen LogP contribution in [-0.4, -0.2) is 0 Å². The number of hydrogen-bond acceptors (Lipinski definition) is 0. The maximum atomic E-state index is 3.27. The fraction of sp³-hybridized carbons (Fsp3) is 0.308. The van der Waals surface area contributed by atoms with Gasteiger partial charge in [0.1, 0.15) is 0 Å². The maximum absolute atomic E-state index is 3.27. The third-order valence-corrected chi connectivity index (χ3v) is 5.03. The lowest BCUT2D eigenvalue weighted by Gasteiger charge is -2.16. The Balaban J connectivity index is 2.05. The van der Waals surface area contributed by atoms with Gasteiger partial charge in [-0.15, -0.1) is 0 Å². The van der Waals surface area contributed by atoms with Crippen molar-refractivity contribution in [1.82, 2.24) is 0 Å². The molecule has 0 aromatic heterocycles. The molecule has 0 bridgehead atoms. The van der Waals surface area contributed by atoms with Crippen molar-refractivity contribution in [2.45, 2.75) is 52.4 Å². The van der Waals surface area contributed by atoms with E-state index in [1.807, 2.05) is 6.07 Å². The Bertz CT molecular complexity index is 814. The van der Waals surface area contributed by atoms with Gasteiger partial charge in [-0.2, -0.15) is 0 Å². The molecule has 0 amide bonds. The van der Waals surface area contributed by atoms with Crippen LogP contribution in [0.25, 0.3) is 22.3 Å². The average Bonchev–Trinajstić information content (AvgIpc) is 2.71. The smallest absolute Gasteiger partial charge is 0.00991 e. The van der Waals surface area contributed by atoms with Crippen LogP contribution in [-0.2, 0) is 12.8 Å². The van der Waals surface area contributed by atoms with Crippen LogP contribution in [0.2, 0.25) is 0 Å². The number of hydrogen-bond donors (Lipinski definition) is 0. The Morgan fingerprint density at radius 2 is 1.50 bits per heavy atom. The predicted molar refractivity (Wildman–Crippen MR) is 113 cm³/mol. The summed E-state index contributed by atoms with van der Waals surface area (Å²) in [6.45, 7) is 4.53. The van der Waals surface area contributed by atoms with Crippen molar-refractivity contribution in [1.29, 1.82) is 0 Å². The summed E-state index contributed by atoms with van der Waals surface area (Å²) in [6.07, 6.45) is 7.32. The highest BCUT2D eigenvalue weighted by molar-refractivity contribution is 5.84. The molecule has 133 valence electrons. The monoisotopic (exact) mass is 341 g/mol. The van der Waals surface area contributed by atoms with Gasteiger partial charge in [-0.3, -0.25) is 0 Å². The summed E-state index contributed by atoms with van der Waals surface area (Å²) >= 11 is 0. The molecule has 0 nitrogen and oxygen atoms in total. The van der Waals surface area contributed by atoms with E-state index in [9.17, 15) is 0 Å². The Kier molecular flexibility index (Phi) is 6.66. The minimum Gasteiger partial charge on any atom is -0.0654 e. The van der Waals surface area contributed by atoms with E-state index in [2.05, 4.69) is 80.6 Å². The Labute approximate surface area is 158 Å². The zero-order valence-corrected chi connectivity index (χ0v) is 16.1. The molecule has 0 aliphatic carbocycles. The summed E-state index contributed by atoms with van der Waals surface area (Å²) < 4.78 is 0. The molecule has 0 spiro atoms. The summed E-state index contributed by atoms with van der Waals surface area (Å²) in [4.78, 5) is 0. The van der Waals surface area contributed by atoms with Gasteiger partial charge in [-0.05, 0) is 71.2 Å². The Morgan fingerprint density at radius 1 is 0.731 bits per heavy atom. The standard InChI is InChI=1S/C26H29/c1-3-5-12-21-18-19-25(23(20-21)13-6-4-2)26-17-11-10-16-24(26)22-14-8-7-9-15-22/h7-9,11,14-20H,3-6,12-13H2,1-2H3. The minimum atomic E-state index is 1.15. The molecule has 0 atom stereocenters. The molecule has 3 aromatic rings. The molecule has 0 saturated heterocycles. The van der Waals surface area contributed by atoms with Crippen molar-refractivity contribution in [3.8, 4) is 22.3 Å². The topological polar surface area (TPSA) is 0 Å². The zero-order valence-electron chi connectivity index (χ0n) is 16.1. The molecule has 0 fully saturated rings. The maximum Gasteiger partial charge on any atom is -0.00991 e. The highest BCUT2D eigenvalue weighted by atomic mass is 14.2. The normalized spacial score (nSPS) is 10.8. The number of rotatable bonds is 8. The Hall–Kier alpha value is -2.34. The van der Waals surface area contributed by atoms with Crippen molar-refractivity contribution >= 4 is 0 Å². The lowest BCUT2D eigenvalue weighted by Crippen LogP contribution is -1.96. The zero-order chi connectivity index (χ0) is 18.2. The first-order chi connectivity index (χ1) is 12.8. The second kappa shape index (κ2) is 9.38. The van der Waals surface area contributed by atoms with E-state index in [4.69, 9.17) is 0 Å². The average molecular weight is 342 g/mol. The molecular weight excluding hydrogens is 312 g/mol. The molecule has 0 aliphatic heterocycles. The molecule has 0 N–H and O–H groups in total. The van der Waals surface area contributed by atoms with Crippen LogP contribution >= 0.6 is 0 Å². The molecule has 0 heteroatoms. The van der Waals surface area contributed by atoms with Crippen LogP contribution in [0.3, 0.4) is 0 Å². The van der Waals surface area contributed by atoms with E-state index in [-0.39, 0.29) is 0 Å². The summed E-state index contributed by atoms with van der Waals surface area (Å²) in [5.41, 5.74) is 8.20. The van der Waals surface area contributed by atoms with Gasteiger partial charge in [0.15, 0.2) is 0 Å². The van der Waals surface area contributed by atoms with Crippen LogP contribution in [0.4, 0.5) is 0 Å². The molecular formula is C26H29. The first kappa shape index (κ1) is 18.5. The molecule has 0 saturated carbocycles. The quantitative estimate of drug-likeness (QED) is 0.398. The second-order valence-corrected chi connectivity index (χ2v) is 7.04. The first-order valence-electron chi connectivity index (χ1n) is 10.0. The van der Waals surface area contributed by atoms with Crippen molar-refractivity contribution in [2.75, 3.05) is 0 Å². The predicted octanol–water partition coefficient (Wildman–Crippen LogP) is 7.51. The molecule has 3 rings (SSSR count). The fourth-order valence-corrected chi connectivity index (χ4v) is 3.54. The van der Waals surface area contributed by atoms with Crippen molar-refractivity contribution in [3.05, 3.63) is 83.9 Å². The largest absolute Gasteiger partial charge is 0.0654 e. The minimum absolute atomic E-state index is 1.15. The van der Waals surface area contributed by atoms with Gasteiger partial charge < -0.3 is 0 Å². The Morgan fingerprint density at radius 3 is 2.27 bits per heavy atom. The molecule has 3 aromatic carbocycles. The number of aryl methyl sites for hydroxylation is 2. The lowest BCUT2D eigenvalue weighted by molar-refractivity contribution is 0.781. The number of benzene rings is 3. The van der Waals surface area contributed by atoms with Crippen LogP contribution in [0.15, 0.2) is 66.7 Å². The van der Waals surface area contributed by atoms with Crippen LogP contribution in [0.1, 0.15) is 50.7 Å². The van der Waals surface area contributed by atoms with E-state index in [1.165, 1.54) is 65.5 Å². The summed E-state index contributed by atoms with van der Waals surface area (Å²) in [5, 5.41) is 0. The third-order valence-electron chi connectivity index (χ3n) is 5.03. The molecule has 0 aliphatic rings. The van der Waals surface area contributed by atoms with Crippen LogP contribution < -0.4 is 0 Å². The molecule has 26 heavy (non-hydrogen) atoms. The van der Waals surface area contributed by atoms with E-state index in [0.717, 1.165) is 6.42 Å². The summed E-state index contributed by atoms with van der Waals surface area (Å²) in [5.74, 6) is 0. The van der Waals surface area contributed by atoms with Gasteiger partial charge in [0.2, 0.25) is 0 Å². The first-order valence-corrected chi connectivity index (χ1v) is 10.0. The van der Waals surface area contributed by atoms with E-state index < -0.39 is 0 Å². The van der Waals surface area contributed by atoms with Crippen molar-refractivity contribution in [2.24, 2.45) is 0 Å². The van der Waals surface area contributed by atoms with Crippen molar-refractivity contribution in [3.63, 3.8) is 0 Å². The van der Waals surface area contributed by atoms with Gasteiger partial charge in [0, 0.05) is 0 Å². The second-order valence-electron chi connectivity index (χ2n) is 7.04. The molecule has 0 unspecified atom stereocenters. The van der Waals surface area contributed by atoms with Gasteiger partial charge >= 0.3 is 0 Å². The van der Waals surface area contributed by atoms with Crippen LogP contribution in [0.5, 0.6) is 0 Å². The lowest BCUT2D eigenvalue weighted by atomic mass is 9.89. The summed E-state index contributed by atoms with van der Waals surface area (Å²) in [6, 6.07) is 27.4. The highest BCUT2D eigenvalue weighted by Gasteiger charge is 2.11. The molecule has 0 heterocycles. The van der Waals surface area contributed by atoms with Gasteiger partial charge in [0.25, 0.3) is 0 Å². The van der Waals surface area contributed by atoms with E-state index in [0.29, 0.717) is 0 Å². The molecule has 1 radical (unpaired) electrons. The van der Waals surface area contributed by atoms with E-state index >= 15 is 0 Å². The SMILES string of the molecule is CCCCc1ccc(-c2cc[c]cc2-c2ccccc2)c(CCCC)c1. The third kappa shape index (κ3) is 4.43. The summed E-state index contributed by atoms with van der Waals surface area (Å²) in [7, 11) is 0. The van der Waals surface area contributed by atoms with Gasteiger partial charge in [0.05, 0.1) is 0 Å². The van der Waals surface area contributed by atoms with E-state index in [1.54, 1.807) is 0 Å². The van der Waals surface area contributed by atoms with Crippen molar-refractivity contribution < 1.29 is 0 Å². The number of unbranched alkanes of at least 4 members (excludes halogenated alkanes) is 2. The van der Waals surface area contributed by atoms with Crippen LogP contribution in [0, 0.1) is 6.07 Å². The highest BCUT2D eigenvalue weighted by Crippen LogP contribution is 2.35.